The molecular weight excluding hydrogens is 497 g/mol. The topological polar surface area (TPSA) is 43.4 Å². The second kappa shape index (κ2) is 10.4. The van der Waals surface area contributed by atoms with E-state index in [9.17, 15) is 0 Å². The summed E-state index contributed by atoms with van der Waals surface area (Å²) in [7, 11) is 8.05. The van der Waals surface area contributed by atoms with Crippen LogP contribution in [0.25, 0.3) is 0 Å². The molecule has 0 aromatic heterocycles. The number of ether oxygens (including phenoxy) is 4. The van der Waals surface area contributed by atoms with Gasteiger partial charge in [0.2, 0.25) is 6.29 Å². The van der Waals surface area contributed by atoms with Gasteiger partial charge in [0.15, 0.2) is 0 Å². The van der Waals surface area contributed by atoms with E-state index in [1.54, 1.807) is 12.5 Å². The smallest absolute Gasteiger partial charge is 0.249 e. The van der Waals surface area contributed by atoms with Gasteiger partial charge >= 0.3 is 0 Å². The van der Waals surface area contributed by atoms with E-state index in [2.05, 4.69) is 43.1 Å². The van der Waals surface area contributed by atoms with Crippen LogP contribution < -0.4 is 0 Å². The van der Waals surface area contributed by atoms with Gasteiger partial charge < -0.3 is 18.9 Å². The Kier molecular flexibility index (Phi) is 7.44. The fraction of sp³-hybridized carbons (Fsp3) is 0.826. The summed E-state index contributed by atoms with van der Waals surface area (Å²) in [6.07, 6.45) is 12.7. The van der Waals surface area contributed by atoms with Crippen molar-refractivity contribution >= 4 is 43.2 Å². The molecule has 6 aliphatic rings. The van der Waals surface area contributed by atoms with E-state index in [0.29, 0.717) is 30.3 Å². The standard InChI is InChI=1S/C23H34N2O4S4/c1-2-9-24(8-1)25-10-4-7-22(21-28-13-14-29-21,18-17-26-11-12-27-18)23(25,20-6-16-31-33-20)19-5-3-15-30-32-19/h6,13-14,16,18-21H,1-5,7-12,15,17H2. The number of hydrazine groups is 1. The first-order valence-electron chi connectivity index (χ1n) is 12.3. The van der Waals surface area contributed by atoms with Crippen LogP contribution in [0.1, 0.15) is 38.5 Å². The Bertz CT molecular complexity index is 734. The monoisotopic (exact) mass is 530 g/mol. The highest BCUT2D eigenvalue weighted by Crippen LogP contribution is 2.64. The molecule has 0 saturated carbocycles. The van der Waals surface area contributed by atoms with E-state index < -0.39 is 0 Å². The Hall–Kier alpha value is 0.320. The Balaban J connectivity index is 1.55. The summed E-state index contributed by atoms with van der Waals surface area (Å²) >= 11 is 0. The predicted molar refractivity (Wildman–Crippen MR) is 139 cm³/mol. The molecular formula is C23H34N2O4S4. The molecule has 0 amide bonds. The number of nitrogens with zero attached hydrogens (tertiary/aromatic N) is 2. The zero-order valence-corrected chi connectivity index (χ0v) is 22.2. The van der Waals surface area contributed by atoms with Crippen molar-refractivity contribution in [3.05, 3.63) is 24.0 Å². The van der Waals surface area contributed by atoms with Crippen LogP contribution in [-0.4, -0.2) is 83.7 Å². The first kappa shape index (κ1) is 23.7. The fourth-order valence-electron chi connectivity index (χ4n) is 6.92. The number of rotatable bonds is 5. The fourth-order valence-corrected chi connectivity index (χ4v) is 13.0. The molecule has 0 radical (unpaired) electrons. The summed E-state index contributed by atoms with van der Waals surface area (Å²) < 4.78 is 25.4. The van der Waals surface area contributed by atoms with Crippen molar-refractivity contribution in [1.29, 1.82) is 0 Å². The highest BCUT2D eigenvalue weighted by molar-refractivity contribution is 8.78. The molecule has 5 atom stereocenters. The Morgan fingerprint density at radius 1 is 0.939 bits per heavy atom. The van der Waals surface area contributed by atoms with Crippen LogP contribution in [0.4, 0.5) is 0 Å². The lowest BCUT2D eigenvalue weighted by Crippen LogP contribution is -2.81. The minimum Gasteiger partial charge on any atom is -0.459 e. The van der Waals surface area contributed by atoms with Gasteiger partial charge in [-0.1, -0.05) is 49.3 Å². The number of hydrogen-bond donors (Lipinski definition) is 0. The third-order valence-corrected chi connectivity index (χ3v) is 13.5. The summed E-state index contributed by atoms with van der Waals surface area (Å²) in [6, 6.07) is 0. The molecule has 4 fully saturated rings. The summed E-state index contributed by atoms with van der Waals surface area (Å²) in [5.74, 6) is 1.23. The lowest BCUT2D eigenvalue weighted by molar-refractivity contribution is -0.298. The lowest BCUT2D eigenvalue weighted by Gasteiger charge is -2.67. The molecule has 5 unspecified atom stereocenters. The molecule has 0 aliphatic carbocycles. The van der Waals surface area contributed by atoms with E-state index in [1.807, 2.05) is 21.6 Å². The highest BCUT2D eigenvalue weighted by atomic mass is 33.1. The molecule has 33 heavy (non-hydrogen) atoms. The lowest BCUT2D eigenvalue weighted by atomic mass is 9.56. The van der Waals surface area contributed by atoms with Gasteiger partial charge in [0.1, 0.15) is 12.5 Å². The van der Waals surface area contributed by atoms with Crippen molar-refractivity contribution in [3.8, 4) is 0 Å². The van der Waals surface area contributed by atoms with Crippen molar-refractivity contribution in [1.82, 2.24) is 10.0 Å². The largest absolute Gasteiger partial charge is 0.459 e. The van der Waals surface area contributed by atoms with Crippen molar-refractivity contribution in [3.63, 3.8) is 0 Å². The first-order valence-corrected chi connectivity index (χ1v) is 17.0. The first-order chi connectivity index (χ1) is 16.4. The average molecular weight is 531 g/mol. The minimum atomic E-state index is -0.360. The Morgan fingerprint density at radius 3 is 2.52 bits per heavy atom. The molecule has 6 heterocycles. The van der Waals surface area contributed by atoms with Gasteiger partial charge in [-0.2, -0.15) is 0 Å². The van der Waals surface area contributed by atoms with Gasteiger partial charge in [-0.05, 0) is 43.9 Å². The summed E-state index contributed by atoms with van der Waals surface area (Å²) in [4.78, 5) is 0. The van der Waals surface area contributed by atoms with Gasteiger partial charge in [0, 0.05) is 30.6 Å². The molecule has 6 nitrogen and oxygen atoms in total. The van der Waals surface area contributed by atoms with Gasteiger partial charge in [-0.3, -0.25) is 0 Å². The maximum Gasteiger partial charge on any atom is 0.249 e. The van der Waals surface area contributed by atoms with Crippen LogP contribution in [0.3, 0.4) is 0 Å². The van der Waals surface area contributed by atoms with Crippen LogP contribution >= 0.6 is 43.2 Å². The number of hydrogen-bond acceptors (Lipinski definition) is 10. The Morgan fingerprint density at radius 2 is 1.82 bits per heavy atom. The average Bonchev–Trinajstić information content (AvgIpc) is 3.67. The van der Waals surface area contributed by atoms with Gasteiger partial charge in [0.25, 0.3) is 0 Å². The van der Waals surface area contributed by atoms with Crippen molar-refractivity contribution in [2.75, 3.05) is 45.2 Å². The van der Waals surface area contributed by atoms with Crippen LogP contribution in [0, 0.1) is 5.41 Å². The van der Waals surface area contributed by atoms with Crippen LogP contribution in [0.5, 0.6) is 0 Å². The highest BCUT2D eigenvalue weighted by Gasteiger charge is 2.73. The van der Waals surface area contributed by atoms with Gasteiger partial charge in [-0.15, -0.1) is 0 Å². The third kappa shape index (κ3) is 3.90. The molecule has 0 aromatic rings. The van der Waals surface area contributed by atoms with Crippen molar-refractivity contribution < 1.29 is 18.9 Å². The SMILES string of the molecule is C1=COC(C2(C3COCCO3)CCCN(N3CCCC3)C2(C2C=CSS2)C2CCCSS2)O1. The minimum absolute atomic E-state index is 0.0614. The van der Waals surface area contributed by atoms with E-state index in [4.69, 9.17) is 18.9 Å². The van der Waals surface area contributed by atoms with E-state index in [0.717, 1.165) is 32.5 Å². The molecule has 0 aromatic carbocycles. The quantitative estimate of drug-likeness (QED) is 0.459. The van der Waals surface area contributed by atoms with Crippen LogP contribution in [0.15, 0.2) is 24.0 Å². The molecule has 4 saturated heterocycles. The van der Waals surface area contributed by atoms with E-state index >= 15 is 0 Å². The maximum absolute atomic E-state index is 6.64. The zero-order valence-electron chi connectivity index (χ0n) is 19.0. The molecule has 0 bridgehead atoms. The molecule has 10 heteroatoms. The van der Waals surface area contributed by atoms with Crippen LogP contribution in [0.2, 0.25) is 0 Å². The predicted octanol–water partition coefficient (Wildman–Crippen LogP) is 4.90. The number of piperidine rings is 1. The molecule has 6 aliphatic heterocycles. The second-order valence-electron chi connectivity index (χ2n) is 9.55. The van der Waals surface area contributed by atoms with Crippen molar-refractivity contribution in [2.24, 2.45) is 5.41 Å². The third-order valence-electron chi connectivity index (χ3n) is 8.10. The maximum atomic E-state index is 6.64. The molecule has 0 N–H and O–H groups in total. The summed E-state index contributed by atoms with van der Waals surface area (Å²) in [6.45, 7) is 5.29. The van der Waals surface area contributed by atoms with Crippen LogP contribution in [-0.2, 0) is 18.9 Å². The molecule has 184 valence electrons. The molecule has 0 spiro atoms. The zero-order chi connectivity index (χ0) is 22.1. The second-order valence-corrected chi connectivity index (χ2v) is 14.6. The molecule has 6 rings (SSSR count). The van der Waals surface area contributed by atoms with Gasteiger partial charge in [-0.25, -0.2) is 10.0 Å². The van der Waals surface area contributed by atoms with Crippen molar-refractivity contribution in [2.45, 2.75) is 67.0 Å². The normalized spacial score (nSPS) is 43.1. The van der Waals surface area contributed by atoms with E-state index in [1.165, 1.54) is 31.4 Å². The summed E-state index contributed by atoms with van der Waals surface area (Å²) in [5, 5.41) is 8.57. The summed E-state index contributed by atoms with van der Waals surface area (Å²) in [5.41, 5.74) is -0.541. The van der Waals surface area contributed by atoms with Gasteiger partial charge in [0.05, 0.1) is 42.1 Å². The van der Waals surface area contributed by atoms with E-state index in [-0.39, 0.29) is 23.3 Å². The Labute approximate surface area is 213 Å².